The molecule has 2 atom stereocenters. The SMILES string of the molecule is CC(=O)N[C@@H]1CN(C(=O)Cc2c(C)[nH]c3ccccc23)C[C@H]1c1ccc(C)o1. The molecule has 146 valence electrons. The Morgan fingerprint density at radius 3 is 2.68 bits per heavy atom. The van der Waals surface area contributed by atoms with Crippen LogP contribution in [-0.4, -0.2) is 40.8 Å². The summed E-state index contributed by atoms with van der Waals surface area (Å²) in [5.74, 6) is 1.57. The van der Waals surface area contributed by atoms with Gasteiger partial charge in [0.1, 0.15) is 11.5 Å². The van der Waals surface area contributed by atoms with E-state index in [1.807, 2.05) is 55.1 Å². The van der Waals surface area contributed by atoms with Gasteiger partial charge < -0.3 is 19.6 Å². The lowest BCUT2D eigenvalue weighted by molar-refractivity contribution is -0.129. The van der Waals surface area contributed by atoms with E-state index in [-0.39, 0.29) is 23.8 Å². The number of para-hydroxylation sites is 1. The molecule has 6 nitrogen and oxygen atoms in total. The second-order valence-corrected chi connectivity index (χ2v) is 7.61. The average molecular weight is 379 g/mol. The molecule has 1 aromatic carbocycles. The zero-order chi connectivity index (χ0) is 19.8. The smallest absolute Gasteiger partial charge is 0.227 e. The molecule has 2 N–H and O–H groups in total. The number of fused-ring (bicyclic) bond motifs is 1. The molecule has 1 aliphatic rings. The Hall–Kier alpha value is -3.02. The Morgan fingerprint density at radius 1 is 1.18 bits per heavy atom. The van der Waals surface area contributed by atoms with Crippen molar-refractivity contribution < 1.29 is 14.0 Å². The predicted molar refractivity (Wildman–Crippen MR) is 107 cm³/mol. The highest BCUT2D eigenvalue weighted by Crippen LogP contribution is 2.30. The first-order valence-corrected chi connectivity index (χ1v) is 9.59. The number of amides is 2. The van der Waals surface area contributed by atoms with Gasteiger partial charge in [0.15, 0.2) is 0 Å². The normalized spacial score (nSPS) is 19.3. The summed E-state index contributed by atoms with van der Waals surface area (Å²) < 4.78 is 5.80. The minimum atomic E-state index is -0.143. The third-order valence-corrected chi connectivity index (χ3v) is 5.54. The number of nitrogens with one attached hydrogen (secondary N) is 2. The number of aryl methyl sites for hydroxylation is 2. The number of carbonyl (C=O) groups is 2. The maximum absolute atomic E-state index is 13.1. The number of benzene rings is 1. The summed E-state index contributed by atoms with van der Waals surface area (Å²) in [5, 5.41) is 4.07. The Morgan fingerprint density at radius 2 is 1.96 bits per heavy atom. The molecular formula is C22H25N3O3. The van der Waals surface area contributed by atoms with Crippen molar-refractivity contribution in [3.63, 3.8) is 0 Å². The monoisotopic (exact) mass is 379 g/mol. The first kappa shape index (κ1) is 18.3. The number of hydrogen-bond acceptors (Lipinski definition) is 3. The van der Waals surface area contributed by atoms with Crippen LogP contribution in [0.1, 0.15) is 35.6 Å². The van der Waals surface area contributed by atoms with Gasteiger partial charge >= 0.3 is 0 Å². The van der Waals surface area contributed by atoms with E-state index < -0.39 is 0 Å². The Kier molecular flexibility index (Phi) is 4.71. The summed E-state index contributed by atoms with van der Waals surface area (Å²) in [6.45, 7) is 6.43. The number of furan rings is 1. The molecule has 2 aromatic heterocycles. The van der Waals surface area contributed by atoms with Crippen LogP contribution >= 0.6 is 0 Å². The quantitative estimate of drug-likeness (QED) is 0.731. The van der Waals surface area contributed by atoms with E-state index in [9.17, 15) is 9.59 Å². The molecule has 0 unspecified atom stereocenters. The van der Waals surface area contributed by atoms with E-state index in [4.69, 9.17) is 4.42 Å². The van der Waals surface area contributed by atoms with Gasteiger partial charge in [-0.25, -0.2) is 0 Å². The summed E-state index contributed by atoms with van der Waals surface area (Å²) in [7, 11) is 0. The van der Waals surface area contributed by atoms with Gasteiger partial charge in [-0.05, 0) is 37.6 Å². The molecule has 2 amide bonds. The zero-order valence-corrected chi connectivity index (χ0v) is 16.4. The van der Waals surface area contributed by atoms with E-state index in [1.54, 1.807) is 0 Å². The van der Waals surface area contributed by atoms with Crippen LogP contribution in [0.3, 0.4) is 0 Å². The van der Waals surface area contributed by atoms with Crippen LogP contribution in [-0.2, 0) is 16.0 Å². The van der Waals surface area contributed by atoms with Crippen LogP contribution < -0.4 is 5.32 Å². The van der Waals surface area contributed by atoms with Crippen LogP contribution in [0.4, 0.5) is 0 Å². The molecule has 3 aromatic rings. The maximum Gasteiger partial charge on any atom is 0.227 e. The van der Waals surface area contributed by atoms with E-state index in [0.29, 0.717) is 19.5 Å². The number of rotatable bonds is 4. The van der Waals surface area contributed by atoms with Gasteiger partial charge in [-0.2, -0.15) is 0 Å². The highest BCUT2D eigenvalue weighted by Gasteiger charge is 2.38. The fourth-order valence-electron chi connectivity index (χ4n) is 4.18. The summed E-state index contributed by atoms with van der Waals surface area (Å²) in [6.07, 6.45) is 0.340. The van der Waals surface area contributed by atoms with Crippen molar-refractivity contribution in [2.75, 3.05) is 13.1 Å². The molecule has 0 spiro atoms. The summed E-state index contributed by atoms with van der Waals surface area (Å²) in [4.78, 5) is 29.9. The number of hydrogen-bond donors (Lipinski definition) is 2. The van der Waals surface area contributed by atoms with Crippen LogP contribution in [0.25, 0.3) is 10.9 Å². The molecule has 4 rings (SSSR count). The molecule has 28 heavy (non-hydrogen) atoms. The summed E-state index contributed by atoms with van der Waals surface area (Å²) in [6, 6.07) is 11.7. The van der Waals surface area contributed by atoms with Crippen molar-refractivity contribution in [1.82, 2.24) is 15.2 Å². The lowest BCUT2D eigenvalue weighted by Crippen LogP contribution is -2.39. The second kappa shape index (κ2) is 7.19. The van der Waals surface area contributed by atoms with E-state index >= 15 is 0 Å². The van der Waals surface area contributed by atoms with Crippen molar-refractivity contribution >= 4 is 22.7 Å². The molecule has 3 heterocycles. The second-order valence-electron chi connectivity index (χ2n) is 7.61. The first-order valence-electron chi connectivity index (χ1n) is 9.59. The number of aromatic nitrogens is 1. The third kappa shape index (κ3) is 3.42. The van der Waals surface area contributed by atoms with Crippen LogP contribution in [0.15, 0.2) is 40.8 Å². The molecular weight excluding hydrogens is 354 g/mol. The van der Waals surface area contributed by atoms with Crippen molar-refractivity contribution in [3.8, 4) is 0 Å². The number of carbonyl (C=O) groups excluding carboxylic acids is 2. The van der Waals surface area contributed by atoms with Gasteiger partial charge in [-0.15, -0.1) is 0 Å². The lowest BCUT2D eigenvalue weighted by Gasteiger charge is -2.17. The van der Waals surface area contributed by atoms with Gasteiger partial charge in [0, 0.05) is 36.6 Å². The Bertz CT molecular complexity index is 1030. The fourth-order valence-corrected chi connectivity index (χ4v) is 4.18. The topological polar surface area (TPSA) is 78.3 Å². The standard InChI is InChI=1S/C22H25N3O3/c1-13-8-9-21(28-13)18-11-25(12-20(18)24-15(3)26)22(27)10-17-14(2)23-19-7-5-4-6-16(17)19/h4-9,18,20,23H,10-12H2,1-3H3,(H,24,26)/t18-,20-/m1/s1. The first-order chi connectivity index (χ1) is 13.4. The van der Waals surface area contributed by atoms with Crippen molar-refractivity contribution in [2.24, 2.45) is 0 Å². The van der Waals surface area contributed by atoms with Gasteiger partial charge in [0.05, 0.1) is 18.4 Å². The van der Waals surface area contributed by atoms with Gasteiger partial charge in [-0.3, -0.25) is 9.59 Å². The Balaban J connectivity index is 1.55. The number of H-pyrrole nitrogens is 1. The van der Waals surface area contributed by atoms with Crippen molar-refractivity contribution in [2.45, 2.75) is 39.2 Å². The van der Waals surface area contributed by atoms with Gasteiger partial charge in [-0.1, -0.05) is 18.2 Å². The summed E-state index contributed by atoms with van der Waals surface area (Å²) >= 11 is 0. The minimum Gasteiger partial charge on any atom is -0.466 e. The van der Waals surface area contributed by atoms with E-state index in [0.717, 1.165) is 33.7 Å². The van der Waals surface area contributed by atoms with Gasteiger partial charge in [0.25, 0.3) is 0 Å². The third-order valence-electron chi connectivity index (χ3n) is 5.54. The summed E-state index contributed by atoms with van der Waals surface area (Å²) in [5.41, 5.74) is 3.10. The highest BCUT2D eigenvalue weighted by molar-refractivity contribution is 5.90. The molecule has 0 aliphatic carbocycles. The van der Waals surface area contributed by atoms with Crippen LogP contribution in [0, 0.1) is 13.8 Å². The van der Waals surface area contributed by atoms with E-state index in [1.165, 1.54) is 6.92 Å². The van der Waals surface area contributed by atoms with Crippen LogP contribution in [0.2, 0.25) is 0 Å². The largest absolute Gasteiger partial charge is 0.466 e. The van der Waals surface area contributed by atoms with Crippen molar-refractivity contribution in [3.05, 3.63) is 59.2 Å². The Labute approximate surface area is 163 Å². The highest BCUT2D eigenvalue weighted by atomic mass is 16.3. The molecule has 1 fully saturated rings. The zero-order valence-electron chi connectivity index (χ0n) is 16.4. The molecule has 0 bridgehead atoms. The maximum atomic E-state index is 13.1. The fraction of sp³-hybridized carbons (Fsp3) is 0.364. The number of nitrogens with zero attached hydrogens (tertiary/aromatic N) is 1. The average Bonchev–Trinajstić information content (AvgIpc) is 3.33. The van der Waals surface area contributed by atoms with Crippen molar-refractivity contribution in [1.29, 1.82) is 0 Å². The number of aromatic amines is 1. The lowest BCUT2D eigenvalue weighted by atomic mass is 10.0. The number of likely N-dealkylation sites (tertiary alicyclic amines) is 1. The molecule has 6 heteroatoms. The molecule has 1 saturated heterocycles. The molecule has 0 saturated carbocycles. The molecule has 0 radical (unpaired) electrons. The predicted octanol–water partition coefficient (Wildman–Crippen LogP) is 3.05. The van der Waals surface area contributed by atoms with Crippen LogP contribution in [0.5, 0.6) is 0 Å². The van der Waals surface area contributed by atoms with E-state index in [2.05, 4.69) is 10.3 Å². The molecule has 1 aliphatic heterocycles. The van der Waals surface area contributed by atoms with Gasteiger partial charge in [0.2, 0.25) is 11.8 Å². The minimum absolute atomic E-state index is 0.0365.